The minimum atomic E-state index is -3.26. The van der Waals surface area contributed by atoms with Gasteiger partial charge in [-0.25, -0.2) is 18.0 Å². The Labute approximate surface area is 113 Å². The molecule has 2 N–H and O–H groups in total. The van der Waals surface area contributed by atoms with Gasteiger partial charge in [-0.15, -0.1) is 0 Å². The fourth-order valence-corrected chi connectivity index (χ4v) is 1.98. The van der Waals surface area contributed by atoms with Crippen molar-refractivity contribution in [1.82, 2.24) is 10.2 Å². The molecule has 0 rings (SSSR count). The molecule has 0 aromatic rings. The number of sulfone groups is 1. The van der Waals surface area contributed by atoms with E-state index < -0.39 is 27.9 Å². The summed E-state index contributed by atoms with van der Waals surface area (Å²) in [5.74, 6) is -1.52. The predicted octanol–water partition coefficient (Wildman–Crippen LogP) is 0.314. The zero-order valence-corrected chi connectivity index (χ0v) is 12.5. The van der Waals surface area contributed by atoms with Crippen molar-refractivity contribution < 1.29 is 23.1 Å². The van der Waals surface area contributed by atoms with E-state index in [-0.39, 0.29) is 18.2 Å². The van der Waals surface area contributed by atoms with E-state index in [1.807, 2.05) is 13.8 Å². The number of amides is 2. The minimum Gasteiger partial charge on any atom is -0.480 e. The Kier molecular flexibility index (Phi) is 6.82. The van der Waals surface area contributed by atoms with Crippen molar-refractivity contribution in [3.8, 4) is 0 Å². The summed E-state index contributed by atoms with van der Waals surface area (Å²) in [4.78, 5) is 24.2. The van der Waals surface area contributed by atoms with Gasteiger partial charge in [0.15, 0.2) is 0 Å². The minimum absolute atomic E-state index is 0.0237. The van der Waals surface area contributed by atoms with Crippen molar-refractivity contribution in [3.05, 3.63) is 0 Å². The average molecular weight is 294 g/mol. The summed E-state index contributed by atoms with van der Waals surface area (Å²) in [6.45, 7) is 3.75. The van der Waals surface area contributed by atoms with Crippen molar-refractivity contribution in [2.45, 2.75) is 38.8 Å². The second-order valence-electron chi connectivity index (χ2n) is 4.63. The number of nitrogens with zero attached hydrogens (tertiary/aromatic N) is 1. The van der Waals surface area contributed by atoms with Crippen LogP contribution in [0.1, 0.15) is 26.7 Å². The van der Waals surface area contributed by atoms with Crippen LogP contribution in [0.2, 0.25) is 0 Å². The fraction of sp³-hybridized carbons (Fsp3) is 0.818. The van der Waals surface area contributed by atoms with Crippen molar-refractivity contribution in [2.24, 2.45) is 0 Å². The van der Waals surface area contributed by atoms with Gasteiger partial charge in [0.25, 0.3) is 0 Å². The van der Waals surface area contributed by atoms with Crippen LogP contribution in [0.5, 0.6) is 0 Å². The molecule has 0 bridgehead atoms. The average Bonchev–Trinajstić information content (AvgIpc) is 2.30. The zero-order chi connectivity index (χ0) is 15.2. The van der Waals surface area contributed by atoms with Crippen LogP contribution in [0.4, 0.5) is 4.79 Å². The number of aliphatic carboxylic acids is 1. The zero-order valence-electron chi connectivity index (χ0n) is 11.7. The Morgan fingerprint density at radius 2 is 1.89 bits per heavy atom. The third-order valence-electron chi connectivity index (χ3n) is 2.95. The van der Waals surface area contributed by atoms with Crippen LogP contribution in [0, 0.1) is 0 Å². The van der Waals surface area contributed by atoms with Crippen molar-refractivity contribution in [1.29, 1.82) is 0 Å². The molecule has 2 atom stereocenters. The molecule has 0 aliphatic rings. The van der Waals surface area contributed by atoms with Crippen LogP contribution in [0.25, 0.3) is 0 Å². The van der Waals surface area contributed by atoms with Crippen LogP contribution < -0.4 is 5.32 Å². The molecule has 112 valence electrons. The molecule has 0 saturated carbocycles. The van der Waals surface area contributed by atoms with Crippen LogP contribution >= 0.6 is 0 Å². The molecule has 0 aromatic carbocycles. The molecule has 8 heteroatoms. The highest BCUT2D eigenvalue weighted by molar-refractivity contribution is 7.90. The molecule has 0 heterocycles. The number of carboxylic acids is 1. The lowest BCUT2D eigenvalue weighted by atomic mass is 10.2. The van der Waals surface area contributed by atoms with Gasteiger partial charge in [-0.3, -0.25) is 0 Å². The van der Waals surface area contributed by atoms with E-state index in [1.165, 1.54) is 4.90 Å². The third-order valence-corrected chi connectivity index (χ3v) is 3.92. The third kappa shape index (κ3) is 7.00. The molecular weight excluding hydrogens is 272 g/mol. The molecule has 0 spiro atoms. The van der Waals surface area contributed by atoms with Crippen molar-refractivity contribution >= 4 is 21.8 Å². The van der Waals surface area contributed by atoms with Gasteiger partial charge in [-0.05, 0) is 19.8 Å². The predicted molar refractivity (Wildman–Crippen MR) is 71.8 cm³/mol. The van der Waals surface area contributed by atoms with E-state index in [0.717, 1.165) is 12.7 Å². The SMILES string of the molecule is CCC(C)N(C)C(=O)NC(CCS(C)(=O)=O)C(=O)O. The highest BCUT2D eigenvalue weighted by Gasteiger charge is 2.24. The van der Waals surface area contributed by atoms with Gasteiger partial charge in [0.1, 0.15) is 15.9 Å². The van der Waals surface area contributed by atoms with E-state index in [4.69, 9.17) is 5.11 Å². The number of carboxylic acid groups (broad SMARTS) is 1. The Morgan fingerprint density at radius 1 is 1.37 bits per heavy atom. The summed E-state index contributed by atoms with van der Waals surface area (Å²) in [7, 11) is -1.69. The maximum Gasteiger partial charge on any atom is 0.326 e. The summed E-state index contributed by atoms with van der Waals surface area (Å²) in [5, 5.41) is 11.3. The molecule has 0 fully saturated rings. The highest BCUT2D eigenvalue weighted by Crippen LogP contribution is 2.03. The monoisotopic (exact) mass is 294 g/mol. The van der Waals surface area contributed by atoms with E-state index in [1.54, 1.807) is 7.05 Å². The Morgan fingerprint density at radius 3 is 2.26 bits per heavy atom. The number of carbonyl (C=O) groups excluding carboxylic acids is 1. The molecule has 0 aromatic heterocycles. The van der Waals surface area contributed by atoms with Gasteiger partial charge in [0.05, 0.1) is 5.75 Å². The first-order valence-electron chi connectivity index (χ1n) is 6.02. The summed E-state index contributed by atoms with van der Waals surface area (Å²) < 4.78 is 22.0. The Hall–Kier alpha value is -1.31. The number of hydrogen-bond donors (Lipinski definition) is 2. The largest absolute Gasteiger partial charge is 0.480 e. The summed E-state index contributed by atoms with van der Waals surface area (Å²) in [6.07, 6.45) is 1.62. The Bertz CT molecular complexity index is 421. The summed E-state index contributed by atoms with van der Waals surface area (Å²) in [5.41, 5.74) is 0. The molecule has 0 saturated heterocycles. The number of rotatable bonds is 7. The Balaban J connectivity index is 4.59. The van der Waals surface area contributed by atoms with E-state index >= 15 is 0 Å². The van der Waals surface area contributed by atoms with E-state index in [2.05, 4.69) is 5.32 Å². The normalized spacial score (nSPS) is 14.5. The molecule has 19 heavy (non-hydrogen) atoms. The van der Waals surface area contributed by atoms with Crippen LogP contribution in [-0.4, -0.2) is 61.6 Å². The molecule has 7 nitrogen and oxygen atoms in total. The lowest BCUT2D eigenvalue weighted by Gasteiger charge is -2.26. The summed E-state index contributed by atoms with van der Waals surface area (Å²) >= 11 is 0. The van der Waals surface area contributed by atoms with Gasteiger partial charge in [0, 0.05) is 19.3 Å². The lowest BCUT2D eigenvalue weighted by Crippen LogP contribution is -2.49. The molecule has 0 aliphatic carbocycles. The van der Waals surface area contributed by atoms with Crippen molar-refractivity contribution in [3.63, 3.8) is 0 Å². The standard InChI is InChI=1S/C11H22N2O5S/c1-5-8(2)13(3)11(16)12-9(10(14)15)6-7-19(4,17)18/h8-9H,5-7H2,1-4H3,(H,12,16)(H,14,15). The number of urea groups is 1. The second kappa shape index (κ2) is 7.32. The van der Waals surface area contributed by atoms with Gasteiger partial charge in [-0.1, -0.05) is 6.92 Å². The number of nitrogens with one attached hydrogen (secondary N) is 1. The quantitative estimate of drug-likeness (QED) is 0.703. The van der Waals surface area contributed by atoms with Crippen molar-refractivity contribution in [2.75, 3.05) is 19.1 Å². The number of hydrogen-bond acceptors (Lipinski definition) is 4. The highest BCUT2D eigenvalue weighted by atomic mass is 32.2. The van der Waals surface area contributed by atoms with E-state index in [9.17, 15) is 18.0 Å². The van der Waals surface area contributed by atoms with Gasteiger partial charge in [-0.2, -0.15) is 0 Å². The molecule has 2 amide bonds. The molecule has 0 radical (unpaired) electrons. The van der Waals surface area contributed by atoms with Gasteiger partial charge >= 0.3 is 12.0 Å². The molecular formula is C11H22N2O5S. The topological polar surface area (TPSA) is 104 Å². The first-order chi connectivity index (χ1) is 8.58. The first kappa shape index (κ1) is 17.7. The second-order valence-corrected chi connectivity index (χ2v) is 6.89. The maximum absolute atomic E-state index is 11.8. The van der Waals surface area contributed by atoms with Gasteiger partial charge < -0.3 is 15.3 Å². The first-order valence-corrected chi connectivity index (χ1v) is 8.08. The maximum atomic E-state index is 11.8. The number of carbonyl (C=O) groups is 2. The van der Waals surface area contributed by atoms with E-state index in [0.29, 0.717) is 0 Å². The fourth-order valence-electron chi connectivity index (χ4n) is 1.31. The lowest BCUT2D eigenvalue weighted by molar-refractivity contribution is -0.139. The van der Waals surface area contributed by atoms with Crippen LogP contribution in [-0.2, 0) is 14.6 Å². The van der Waals surface area contributed by atoms with Gasteiger partial charge in [0.2, 0.25) is 0 Å². The van der Waals surface area contributed by atoms with Crippen LogP contribution in [0.3, 0.4) is 0 Å². The van der Waals surface area contributed by atoms with Crippen LogP contribution in [0.15, 0.2) is 0 Å². The molecule has 2 unspecified atom stereocenters. The molecule has 0 aliphatic heterocycles. The smallest absolute Gasteiger partial charge is 0.326 e. The summed E-state index contributed by atoms with van der Waals surface area (Å²) in [6, 6.07) is -1.74.